The molecular formula is C7H10N4O3S. The van der Waals surface area contributed by atoms with Gasteiger partial charge in [-0.25, -0.2) is 0 Å². The molecule has 0 aliphatic rings. The van der Waals surface area contributed by atoms with Crippen LogP contribution in [0.1, 0.15) is 22.7 Å². The third-order valence-electron chi connectivity index (χ3n) is 1.89. The average Bonchev–Trinajstić information content (AvgIpc) is 2.60. The molecule has 1 rings (SSSR count). The summed E-state index contributed by atoms with van der Waals surface area (Å²) in [7, 11) is 0. The molecule has 0 aliphatic heterocycles. The van der Waals surface area contributed by atoms with E-state index in [1.807, 2.05) is 0 Å². The molecule has 0 aromatic carbocycles. The number of carbonyl (C=O) groups excluding carboxylic acids is 1. The number of hydrogen-bond acceptors (Lipinski definition) is 5. The van der Waals surface area contributed by atoms with Crippen LogP contribution in [0.15, 0.2) is 6.20 Å². The van der Waals surface area contributed by atoms with Gasteiger partial charge in [0.15, 0.2) is 10.9 Å². The van der Waals surface area contributed by atoms with E-state index >= 15 is 0 Å². The van der Waals surface area contributed by atoms with E-state index in [4.69, 9.17) is 5.73 Å². The summed E-state index contributed by atoms with van der Waals surface area (Å²) < 4.78 is 1.17. The SMILES string of the molecule is CSC(C)n1ncc(C(N)=O)c1[N+](=O)[O-]. The zero-order valence-corrected chi connectivity index (χ0v) is 9.02. The van der Waals surface area contributed by atoms with Crippen molar-refractivity contribution in [3.8, 4) is 0 Å². The van der Waals surface area contributed by atoms with Crippen LogP contribution in [0.5, 0.6) is 0 Å². The fourth-order valence-corrected chi connectivity index (χ4v) is 1.43. The highest BCUT2D eigenvalue weighted by Gasteiger charge is 2.28. The molecule has 8 heteroatoms. The first-order valence-corrected chi connectivity index (χ1v) is 5.32. The minimum Gasteiger partial charge on any atom is -0.365 e. The van der Waals surface area contributed by atoms with Gasteiger partial charge in [-0.2, -0.15) is 0 Å². The predicted molar refractivity (Wildman–Crippen MR) is 55.6 cm³/mol. The Morgan fingerprint density at radius 2 is 2.40 bits per heavy atom. The molecule has 0 spiro atoms. The largest absolute Gasteiger partial charge is 0.365 e. The highest BCUT2D eigenvalue weighted by Crippen LogP contribution is 2.26. The maximum Gasteiger partial charge on any atom is 0.358 e. The van der Waals surface area contributed by atoms with Gasteiger partial charge in [0.1, 0.15) is 0 Å². The van der Waals surface area contributed by atoms with Gasteiger partial charge < -0.3 is 15.8 Å². The smallest absolute Gasteiger partial charge is 0.358 e. The van der Waals surface area contributed by atoms with Crippen molar-refractivity contribution in [2.24, 2.45) is 5.73 Å². The Morgan fingerprint density at radius 1 is 1.80 bits per heavy atom. The highest BCUT2D eigenvalue weighted by atomic mass is 32.2. The fraction of sp³-hybridized carbons (Fsp3) is 0.429. The summed E-state index contributed by atoms with van der Waals surface area (Å²) in [5.41, 5.74) is 4.84. The molecule has 1 atom stereocenters. The lowest BCUT2D eigenvalue weighted by Gasteiger charge is -2.05. The minimum atomic E-state index is -0.846. The van der Waals surface area contributed by atoms with Crippen LogP contribution < -0.4 is 5.73 Å². The number of thioether (sulfide) groups is 1. The summed E-state index contributed by atoms with van der Waals surface area (Å²) in [5, 5.41) is 14.3. The molecule has 0 radical (unpaired) electrons. The number of rotatable bonds is 4. The molecule has 2 N–H and O–H groups in total. The summed E-state index contributed by atoms with van der Waals surface area (Å²) >= 11 is 1.38. The maximum atomic E-state index is 10.9. The Kier molecular flexibility index (Phi) is 3.30. The Balaban J connectivity index is 3.30. The third kappa shape index (κ3) is 2.09. The van der Waals surface area contributed by atoms with E-state index in [1.165, 1.54) is 16.4 Å². The molecule has 7 nitrogen and oxygen atoms in total. The van der Waals surface area contributed by atoms with Crippen LogP contribution in [0.25, 0.3) is 0 Å². The molecule has 0 saturated heterocycles. The van der Waals surface area contributed by atoms with Crippen molar-refractivity contribution in [3.05, 3.63) is 21.9 Å². The molecule has 1 aromatic rings. The third-order valence-corrected chi connectivity index (χ3v) is 2.77. The van der Waals surface area contributed by atoms with Crippen molar-refractivity contribution in [1.82, 2.24) is 9.78 Å². The molecule has 15 heavy (non-hydrogen) atoms. The number of aromatic nitrogens is 2. The van der Waals surface area contributed by atoms with Crippen molar-refractivity contribution in [1.29, 1.82) is 0 Å². The van der Waals surface area contributed by atoms with Gasteiger partial charge >= 0.3 is 5.82 Å². The van der Waals surface area contributed by atoms with Gasteiger partial charge in [0.2, 0.25) is 0 Å². The normalized spacial score (nSPS) is 12.4. The van der Waals surface area contributed by atoms with Crippen LogP contribution in [0, 0.1) is 10.1 Å². The second-order valence-corrected chi connectivity index (χ2v) is 3.94. The Morgan fingerprint density at radius 3 is 2.80 bits per heavy atom. The molecule has 1 amide bonds. The van der Waals surface area contributed by atoms with E-state index in [0.29, 0.717) is 0 Å². The average molecular weight is 230 g/mol. The van der Waals surface area contributed by atoms with E-state index < -0.39 is 10.8 Å². The molecule has 1 unspecified atom stereocenters. The van der Waals surface area contributed by atoms with E-state index in [0.717, 1.165) is 6.20 Å². The molecular weight excluding hydrogens is 220 g/mol. The molecule has 82 valence electrons. The fourth-order valence-electron chi connectivity index (χ4n) is 1.08. The molecule has 0 aliphatic carbocycles. The lowest BCUT2D eigenvalue weighted by Crippen LogP contribution is -2.14. The minimum absolute atomic E-state index is 0.166. The quantitative estimate of drug-likeness (QED) is 0.607. The summed E-state index contributed by atoms with van der Waals surface area (Å²) in [4.78, 5) is 21.0. The predicted octanol–water partition coefficient (Wildman–Crippen LogP) is 0.772. The zero-order valence-electron chi connectivity index (χ0n) is 8.21. The van der Waals surface area contributed by atoms with Crippen LogP contribution in [-0.2, 0) is 0 Å². The maximum absolute atomic E-state index is 10.9. The Hall–Kier alpha value is -1.57. The first-order valence-electron chi connectivity index (χ1n) is 4.03. The van der Waals surface area contributed by atoms with E-state index in [2.05, 4.69) is 5.10 Å². The number of amides is 1. The summed E-state index contributed by atoms with van der Waals surface area (Å²) in [5.74, 6) is -1.20. The topological polar surface area (TPSA) is 104 Å². The van der Waals surface area contributed by atoms with Gasteiger partial charge in [0.25, 0.3) is 5.91 Å². The van der Waals surface area contributed by atoms with Crippen molar-refractivity contribution in [2.75, 3.05) is 6.26 Å². The Labute approximate surface area is 89.8 Å². The first-order chi connectivity index (χ1) is 6.99. The van der Waals surface area contributed by atoms with E-state index in [9.17, 15) is 14.9 Å². The molecule has 0 saturated carbocycles. The van der Waals surface area contributed by atoms with E-state index in [-0.39, 0.29) is 16.8 Å². The van der Waals surface area contributed by atoms with Crippen LogP contribution in [0.2, 0.25) is 0 Å². The molecule has 1 heterocycles. The number of nitrogens with two attached hydrogens (primary N) is 1. The van der Waals surface area contributed by atoms with Gasteiger partial charge in [-0.05, 0) is 18.1 Å². The zero-order chi connectivity index (χ0) is 11.6. The number of primary amides is 1. The standard InChI is InChI=1S/C7H10N4O3S/c1-4(15-2)10-7(11(13)14)5(3-9-10)6(8)12/h3-4H,1-2H3,(H2,8,12). The highest BCUT2D eigenvalue weighted by molar-refractivity contribution is 7.98. The summed E-state index contributed by atoms with van der Waals surface area (Å²) in [6.07, 6.45) is 2.91. The number of carbonyl (C=O) groups is 1. The van der Waals surface area contributed by atoms with E-state index in [1.54, 1.807) is 13.2 Å². The lowest BCUT2D eigenvalue weighted by molar-refractivity contribution is -0.392. The second-order valence-electron chi connectivity index (χ2n) is 2.78. The van der Waals surface area contributed by atoms with Gasteiger partial charge in [-0.15, -0.1) is 16.4 Å². The van der Waals surface area contributed by atoms with Crippen molar-refractivity contribution in [3.63, 3.8) is 0 Å². The van der Waals surface area contributed by atoms with Crippen molar-refractivity contribution < 1.29 is 9.72 Å². The van der Waals surface area contributed by atoms with Crippen LogP contribution >= 0.6 is 11.8 Å². The number of nitro groups is 1. The van der Waals surface area contributed by atoms with Gasteiger partial charge in [0, 0.05) is 0 Å². The first kappa shape index (κ1) is 11.5. The molecule has 0 bridgehead atoms. The summed E-state index contributed by atoms with van der Waals surface area (Å²) in [6, 6.07) is 0. The Bertz CT molecular complexity index is 403. The summed E-state index contributed by atoms with van der Waals surface area (Å²) in [6.45, 7) is 1.75. The number of nitrogens with zero attached hydrogens (tertiary/aromatic N) is 3. The van der Waals surface area contributed by atoms with Gasteiger partial charge in [-0.1, -0.05) is 5.10 Å². The monoisotopic (exact) mass is 230 g/mol. The molecule has 0 fully saturated rings. The van der Waals surface area contributed by atoms with Gasteiger partial charge in [-0.3, -0.25) is 4.79 Å². The number of hydrogen-bond donors (Lipinski definition) is 1. The second kappa shape index (κ2) is 4.30. The van der Waals surface area contributed by atoms with Crippen LogP contribution in [-0.4, -0.2) is 26.9 Å². The van der Waals surface area contributed by atoms with Crippen molar-refractivity contribution >= 4 is 23.5 Å². The molecule has 1 aromatic heterocycles. The van der Waals surface area contributed by atoms with Crippen molar-refractivity contribution in [2.45, 2.75) is 12.3 Å². The lowest BCUT2D eigenvalue weighted by atomic mass is 10.3. The van der Waals surface area contributed by atoms with Crippen LogP contribution in [0.3, 0.4) is 0 Å². The van der Waals surface area contributed by atoms with Crippen LogP contribution in [0.4, 0.5) is 5.82 Å². The van der Waals surface area contributed by atoms with Gasteiger partial charge in [0.05, 0.1) is 6.20 Å².